The second-order valence-corrected chi connectivity index (χ2v) is 5.91. The molecule has 2 unspecified atom stereocenters. The molecule has 0 spiro atoms. The van der Waals surface area contributed by atoms with Gasteiger partial charge < -0.3 is 20.3 Å². The van der Waals surface area contributed by atoms with Crippen LogP contribution in [0.25, 0.3) is 0 Å². The molecule has 20 heavy (non-hydrogen) atoms. The Morgan fingerprint density at radius 3 is 2.85 bits per heavy atom. The summed E-state index contributed by atoms with van der Waals surface area (Å²) in [4.78, 5) is 4.81. The Morgan fingerprint density at radius 2 is 2.25 bits per heavy atom. The Kier molecular flexibility index (Phi) is 5.40. The van der Waals surface area contributed by atoms with Gasteiger partial charge in [-0.1, -0.05) is 12.1 Å². The zero-order valence-corrected chi connectivity index (χ0v) is 12.9. The van der Waals surface area contributed by atoms with Gasteiger partial charge in [0.15, 0.2) is 0 Å². The van der Waals surface area contributed by atoms with Crippen molar-refractivity contribution in [1.29, 1.82) is 0 Å². The van der Waals surface area contributed by atoms with Gasteiger partial charge >= 0.3 is 0 Å². The molecule has 1 fully saturated rings. The number of hydrogen-bond donors (Lipinski definition) is 1. The molecule has 1 aromatic carbocycles. The van der Waals surface area contributed by atoms with E-state index in [1.165, 1.54) is 12.0 Å². The Morgan fingerprint density at radius 1 is 1.45 bits per heavy atom. The minimum atomic E-state index is 0.390. The predicted octanol–water partition coefficient (Wildman–Crippen LogP) is 1.58. The molecule has 4 heteroatoms. The molecule has 112 valence electrons. The SMILES string of the molecule is COc1cccc(C(CN2CCC(CN)C2)N(C)C)c1. The zero-order chi connectivity index (χ0) is 14.5. The molecule has 2 N–H and O–H groups in total. The molecule has 0 amide bonds. The van der Waals surface area contributed by atoms with Gasteiger partial charge in [-0.05, 0) is 57.2 Å². The molecule has 2 atom stereocenters. The molecule has 0 saturated carbocycles. The average Bonchev–Trinajstić information content (AvgIpc) is 2.92. The fourth-order valence-electron chi connectivity index (χ4n) is 2.93. The van der Waals surface area contributed by atoms with Crippen LogP contribution in [-0.4, -0.2) is 57.2 Å². The zero-order valence-electron chi connectivity index (χ0n) is 12.9. The Bertz CT molecular complexity index is 422. The van der Waals surface area contributed by atoms with Crippen molar-refractivity contribution in [2.24, 2.45) is 11.7 Å². The van der Waals surface area contributed by atoms with Crippen LogP contribution in [0.2, 0.25) is 0 Å². The smallest absolute Gasteiger partial charge is 0.119 e. The quantitative estimate of drug-likeness (QED) is 0.857. The van der Waals surface area contributed by atoms with Gasteiger partial charge in [0, 0.05) is 19.1 Å². The van der Waals surface area contributed by atoms with Crippen LogP contribution in [0.4, 0.5) is 0 Å². The average molecular weight is 277 g/mol. The summed E-state index contributed by atoms with van der Waals surface area (Å²) in [6.07, 6.45) is 1.23. The van der Waals surface area contributed by atoms with E-state index in [-0.39, 0.29) is 0 Å². The lowest BCUT2D eigenvalue weighted by atomic mass is 10.0. The minimum absolute atomic E-state index is 0.390. The first kappa shape index (κ1) is 15.3. The highest BCUT2D eigenvalue weighted by molar-refractivity contribution is 5.30. The highest BCUT2D eigenvalue weighted by Gasteiger charge is 2.25. The predicted molar refractivity (Wildman–Crippen MR) is 83.0 cm³/mol. The van der Waals surface area contributed by atoms with Crippen LogP contribution < -0.4 is 10.5 Å². The molecule has 4 nitrogen and oxygen atoms in total. The van der Waals surface area contributed by atoms with Crippen molar-refractivity contribution in [1.82, 2.24) is 9.80 Å². The molecule has 0 radical (unpaired) electrons. The number of hydrogen-bond acceptors (Lipinski definition) is 4. The molecule has 1 saturated heterocycles. The van der Waals surface area contributed by atoms with Gasteiger partial charge in [0.2, 0.25) is 0 Å². The number of benzene rings is 1. The van der Waals surface area contributed by atoms with E-state index in [2.05, 4.69) is 42.1 Å². The van der Waals surface area contributed by atoms with E-state index in [1.54, 1.807) is 7.11 Å². The Labute approximate surface area is 122 Å². The molecule has 0 bridgehead atoms. The van der Waals surface area contributed by atoms with E-state index < -0.39 is 0 Å². The number of rotatable bonds is 6. The van der Waals surface area contributed by atoms with Gasteiger partial charge in [-0.3, -0.25) is 0 Å². The van der Waals surface area contributed by atoms with Crippen LogP contribution in [0.1, 0.15) is 18.0 Å². The maximum atomic E-state index is 5.78. The summed E-state index contributed by atoms with van der Waals surface area (Å²) < 4.78 is 5.34. The van der Waals surface area contributed by atoms with Crippen LogP contribution in [0.3, 0.4) is 0 Å². The third-order valence-corrected chi connectivity index (χ3v) is 4.24. The molecule has 1 aromatic rings. The van der Waals surface area contributed by atoms with E-state index in [0.29, 0.717) is 12.0 Å². The second-order valence-electron chi connectivity index (χ2n) is 5.91. The number of nitrogens with two attached hydrogens (primary N) is 1. The first-order valence-corrected chi connectivity index (χ1v) is 7.36. The van der Waals surface area contributed by atoms with Crippen molar-refractivity contribution < 1.29 is 4.74 Å². The first-order chi connectivity index (χ1) is 9.63. The summed E-state index contributed by atoms with van der Waals surface area (Å²) >= 11 is 0. The monoisotopic (exact) mass is 277 g/mol. The molecular formula is C16H27N3O. The number of nitrogens with zero attached hydrogens (tertiary/aromatic N) is 2. The fraction of sp³-hybridized carbons (Fsp3) is 0.625. The molecular weight excluding hydrogens is 250 g/mol. The maximum absolute atomic E-state index is 5.78. The van der Waals surface area contributed by atoms with E-state index in [1.807, 2.05) is 6.07 Å². The maximum Gasteiger partial charge on any atom is 0.119 e. The molecule has 2 rings (SSSR count). The largest absolute Gasteiger partial charge is 0.497 e. The minimum Gasteiger partial charge on any atom is -0.497 e. The van der Waals surface area contributed by atoms with Crippen LogP contribution in [0, 0.1) is 5.92 Å². The van der Waals surface area contributed by atoms with Gasteiger partial charge in [-0.25, -0.2) is 0 Å². The number of methoxy groups -OCH3 is 1. The molecule has 0 aliphatic carbocycles. The number of ether oxygens (including phenoxy) is 1. The van der Waals surface area contributed by atoms with Crippen LogP contribution in [0.15, 0.2) is 24.3 Å². The van der Waals surface area contributed by atoms with Crippen molar-refractivity contribution in [3.05, 3.63) is 29.8 Å². The van der Waals surface area contributed by atoms with Gasteiger partial charge in [-0.2, -0.15) is 0 Å². The van der Waals surface area contributed by atoms with Crippen molar-refractivity contribution in [3.63, 3.8) is 0 Å². The van der Waals surface area contributed by atoms with Crippen molar-refractivity contribution >= 4 is 0 Å². The molecule has 1 aliphatic heterocycles. The third kappa shape index (κ3) is 3.72. The third-order valence-electron chi connectivity index (χ3n) is 4.24. The van der Waals surface area contributed by atoms with E-state index in [4.69, 9.17) is 10.5 Å². The van der Waals surface area contributed by atoms with E-state index in [9.17, 15) is 0 Å². The summed E-state index contributed by atoms with van der Waals surface area (Å²) in [5.74, 6) is 1.60. The van der Waals surface area contributed by atoms with E-state index in [0.717, 1.165) is 31.9 Å². The van der Waals surface area contributed by atoms with Gasteiger partial charge in [0.1, 0.15) is 5.75 Å². The fourth-order valence-corrected chi connectivity index (χ4v) is 2.93. The lowest BCUT2D eigenvalue weighted by Gasteiger charge is -2.29. The highest BCUT2D eigenvalue weighted by Crippen LogP contribution is 2.25. The van der Waals surface area contributed by atoms with Crippen LogP contribution in [0.5, 0.6) is 5.75 Å². The lowest BCUT2D eigenvalue weighted by molar-refractivity contribution is 0.205. The standard InChI is InChI=1S/C16H27N3O/c1-18(2)16(12-19-8-7-13(10-17)11-19)14-5-4-6-15(9-14)20-3/h4-6,9,13,16H,7-8,10-12,17H2,1-3H3. The summed E-state index contributed by atoms with van der Waals surface area (Å²) in [6.45, 7) is 4.15. The Balaban J connectivity index is 2.07. The topological polar surface area (TPSA) is 41.7 Å². The van der Waals surface area contributed by atoms with Crippen LogP contribution >= 0.6 is 0 Å². The summed E-state index contributed by atoms with van der Waals surface area (Å²) in [5.41, 5.74) is 7.09. The van der Waals surface area contributed by atoms with Crippen molar-refractivity contribution in [3.8, 4) is 5.75 Å². The summed E-state index contributed by atoms with van der Waals surface area (Å²) in [7, 11) is 6.00. The normalized spacial score (nSPS) is 21.4. The number of likely N-dealkylation sites (tertiary alicyclic amines) is 1. The van der Waals surface area contributed by atoms with Crippen molar-refractivity contribution in [2.45, 2.75) is 12.5 Å². The first-order valence-electron chi connectivity index (χ1n) is 7.36. The van der Waals surface area contributed by atoms with Crippen LogP contribution in [-0.2, 0) is 0 Å². The Hall–Kier alpha value is -1.10. The van der Waals surface area contributed by atoms with Crippen molar-refractivity contribution in [2.75, 3.05) is 47.4 Å². The highest BCUT2D eigenvalue weighted by atomic mass is 16.5. The summed E-state index contributed by atoms with van der Waals surface area (Å²) in [6, 6.07) is 8.78. The lowest BCUT2D eigenvalue weighted by Crippen LogP contribution is -2.34. The molecule has 1 heterocycles. The molecule has 1 aliphatic rings. The second kappa shape index (κ2) is 7.07. The van der Waals surface area contributed by atoms with E-state index >= 15 is 0 Å². The molecule has 0 aromatic heterocycles. The number of likely N-dealkylation sites (N-methyl/N-ethyl adjacent to an activating group) is 1. The van der Waals surface area contributed by atoms with Gasteiger partial charge in [0.05, 0.1) is 7.11 Å². The van der Waals surface area contributed by atoms with Gasteiger partial charge in [-0.15, -0.1) is 0 Å². The summed E-state index contributed by atoms with van der Waals surface area (Å²) in [5, 5.41) is 0. The van der Waals surface area contributed by atoms with Gasteiger partial charge in [0.25, 0.3) is 0 Å².